The Morgan fingerprint density at radius 2 is 1.42 bits per heavy atom. The van der Waals surface area contributed by atoms with Gasteiger partial charge in [0.25, 0.3) is 0 Å². The van der Waals surface area contributed by atoms with E-state index in [-0.39, 0.29) is 48.0 Å². The van der Waals surface area contributed by atoms with E-state index < -0.39 is 0 Å². The number of hydrogen-bond acceptors (Lipinski definition) is 0. The van der Waals surface area contributed by atoms with Gasteiger partial charge in [0.1, 0.15) is 0 Å². The van der Waals surface area contributed by atoms with Crippen molar-refractivity contribution in [1.82, 2.24) is 0 Å². The second-order valence-corrected chi connectivity index (χ2v) is 5.00. The minimum Gasteiger partial charge on any atom is -0.107 e. The van der Waals surface area contributed by atoms with Crippen LogP contribution in [-0.2, 0) is 24.4 Å². The first kappa shape index (κ1) is 16.2. The number of allylic oxidation sites excluding steroid dienone is 4. The Morgan fingerprint density at radius 1 is 1.00 bits per heavy atom. The molecule has 0 bridgehead atoms. The van der Waals surface area contributed by atoms with Crippen LogP contribution < -0.4 is 0 Å². The zero-order valence-corrected chi connectivity index (χ0v) is 16.1. The maximum absolute atomic E-state index is 2.32. The zero-order chi connectivity index (χ0) is 7.89. The minimum atomic E-state index is 0. The first-order valence-corrected chi connectivity index (χ1v) is 5.45. The second kappa shape index (κ2) is 6.32. The molecule has 1 rings (SSSR count). The molecule has 0 fully saturated rings. The molecule has 0 spiro atoms. The fraction of sp³-hybridized carbons (Fsp3) is 0.556. The van der Waals surface area contributed by atoms with Crippen molar-refractivity contribution in [2.45, 2.75) is 27.7 Å². The van der Waals surface area contributed by atoms with Crippen LogP contribution in [0.5, 0.6) is 0 Å². The van der Waals surface area contributed by atoms with Crippen LogP contribution in [0.2, 0.25) is 0 Å². The van der Waals surface area contributed by atoms with Crippen LogP contribution in [0.3, 0.4) is 0 Å². The Hall–Kier alpha value is 1.81. The Bertz CT molecular complexity index is 205. The summed E-state index contributed by atoms with van der Waals surface area (Å²) >= 11 is 1.23. The molecule has 0 nitrogen and oxygen atoms in total. The quantitative estimate of drug-likeness (QED) is 0.313. The van der Waals surface area contributed by atoms with Gasteiger partial charge in [-0.15, -0.1) is 48.0 Å². The van der Waals surface area contributed by atoms with Crippen molar-refractivity contribution in [1.29, 1.82) is 0 Å². The maximum atomic E-state index is 2.32. The fourth-order valence-corrected chi connectivity index (χ4v) is 2.82. The van der Waals surface area contributed by atoms with E-state index in [4.69, 9.17) is 0 Å². The van der Waals surface area contributed by atoms with Gasteiger partial charge in [0.05, 0.1) is 0 Å². The molecule has 0 saturated carbocycles. The molecule has 1 aliphatic rings. The van der Waals surface area contributed by atoms with Crippen molar-refractivity contribution in [2.75, 3.05) is 0 Å². The van der Waals surface area contributed by atoms with Gasteiger partial charge >= 0.3 is 78.0 Å². The van der Waals surface area contributed by atoms with Crippen LogP contribution in [0.25, 0.3) is 0 Å². The molecular formula is C9H15HfI2. The Labute approximate surface area is 124 Å². The van der Waals surface area contributed by atoms with Gasteiger partial charge in [0.15, 0.2) is 0 Å². The molecule has 0 N–H and O–H groups in total. The SMILES string of the molecule is CC1=C(C)C(C)[C]([Hf])=C1C.I.I. The topological polar surface area (TPSA) is 0 Å². The van der Waals surface area contributed by atoms with Crippen LogP contribution in [-0.4, -0.2) is 0 Å². The van der Waals surface area contributed by atoms with Crippen molar-refractivity contribution in [3.05, 3.63) is 20.0 Å². The van der Waals surface area contributed by atoms with E-state index in [2.05, 4.69) is 27.7 Å². The summed E-state index contributed by atoms with van der Waals surface area (Å²) in [4.78, 5) is 0. The molecule has 1 unspecified atom stereocenters. The van der Waals surface area contributed by atoms with E-state index >= 15 is 0 Å². The predicted octanol–water partition coefficient (Wildman–Crippen LogP) is 4.03. The largest absolute Gasteiger partial charge is 0.107 e. The zero-order valence-electron chi connectivity index (χ0n) is 7.89. The normalized spacial score (nSPS) is 22.1. The summed E-state index contributed by atoms with van der Waals surface area (Å²) in [7, 11) is 0. The molecule has 0 saturated heterocycles. The molecule has 0 amide bonds. The summed E-state index contributed by atoms with van der Waals surface area (Å²) in [6, 6.07) is 0. The fourth-order valence-electron chi connectivity index (χ4n) is 1.36. The van der Waals surface area contributed by atoms with Gasteiger partial charge in [-0.1, -0.05) is 0 Å². The van der Waals surface area contributed by atoms with E-state index in [1.165, 1.54) is 29.9 Å². The first-order chi connectivity index (χ1) is 4.55. The van der Waals surface area contributed by atoms with Gasteiger partial charge in [-0.25, -0.2) is 0 Å². The van der Waals surface area contributed by atoms with Crippen molar-refractivity contribution in [3.8, 4) is 0 Å². The summed E-state index contributed by atoms with van der Waals surface area (Å²) in [5, 5.41) is 0. The molecule has 69 valence electrons. The van der Waals surface area contributed by atoms with Gasteiger partial charge in [0.2, 0.25) is 0 Å². The molecule has 0 heterocycles. The molecule has 0 aliphatic heterocycles. The predicted molar refractivity (Wildman–Crippen MR) is 71.1 cm³/mol. The smallest absolute Gasteiger partial charge is 0.107 e. The van der Waals surface area contributed by atoms with Gasteiger partial charge < -0.3 is 0 Å². The van der Waals surface area contributed by atoms with Crippen molar-refractivity contribution >= 4 is 48.0 Å². The van der Waals surface area contributed by atoms with Crippen LogP contribution in [0.15, 0.2) is 20.0 Å². The Morgan fingerprint density at radius 3 is 1.50 bits per heavy atom. The third kappa shape index (κ3) is 2.90. The average Bonchev–Trinajstić information content (AvgIpc) is 2.07. The van der Waals surface area contributed by atoms with E-state index in [0.717, 1.165) is 5.92 Å². The monoisotopic (exact) mass is 557 g/mol. The van der Waals surface area contributed by atoms with Crippen molar-refractivity contribution < 1.29 is 24.4 Å². The summed E-state index contributed by atoms with van der Waals surface area (Å²) in [5.74, 6) is 0.756. The van der Waals surface area contributed by atoms with Crippen LogP contribution in [0.1, 0.15) is 27.7 Å². The number of rotatable bonds is 0. The van der Waals surface area contributed by atoms with Crippen LogP contribution in [0.4, 0.5) is 0 Å². The molecule has 0 aromatic heterocycles. The van der Waals surface area contributed by atoms with Gasteiger partial charge in [0, 0.05) is 0 Å². The van der Waals surface area contributed by atoms with Gasteiger partial charge in [-0.05, 0) is 0 Å². The molecule has 1 atom stereocenters. The van der Waals surface area contributed by atoms with Gasteiger partial charge in [-0.3, -0.25) is 0 Å². The Kier molecular flexibility index (Phi) is 8.56. The molecule has 0 radical (unpaired) electrons. The Balaban J connectivity index is 0. The van der Waals surface area contributed by atoms with Gasteiger partial charge in [-0.2, -0.15) is 0 Å². The molecule has 1 aliphatic carbocycles. The van der Waals surface area contributed by atoms with E-state index in [1.807, 2.05) is 0 Å². The standard InChI is InChI=1S/C9H13.Hf.2HI/c1-6-5-7(2)9(4)8(6)3;;;/h6H,1-4H3;;2*1H. The van der Waals surface area contributed by atoms with E-state index in [0.29, 0.717) is 0 Å². The summed E-state index contributed by atoms with van der Waals surface area (Å²) < 4.78 is 1.69. The number of halogens is 2. The maximum Gasteiger partial charge on any atom is -0.107 e. The van der Waals surface area contributed by atoms with Crippen LogP contribution >= 0.6 is 48.0 Å². The van der Waals surface area contributed by atoms with E-state index in [9.17, 15) is 0 Å². The van der Waals surface area contributed by atoms with Crippen molar-refractivity contribution in [3.63, 3.8) is 0 Å². The van der Waals surface area contributed by atoms with Crippen LogP contribution in [0, 0.1) is 5.92 Å². The first-order valence-electron chi connectivity index (χ1n) is 3.65. The molecule has 0 aromatic rings. The summed E-state index contributed by atoms with van der Waals surface area (Å²) in [5.41, 5.74) is 4.69. The average molecular weight is 556 g/mol. The molecule has 0 aromatic carbocycles. The van der Waals surface area contributed by atoms with Crippen molar-refractivity contribution in [2.24, 2.45) is 5.92 Å². The molecule has 3 heteroatoms. The summed E-state index contributed by atoms with van der Waals surface area (Å²) in [6.45, 7) is 9.07. The third-order valence-electron chi connectivity index (χ3n) is 2.64. The third-order valence-corrected chi connectivity index (χ3v) is 5.54. The number of hydrogen-bond donors (Lipinski definition) is 0. The molecular weight excluding hydrogens is 540 g/mol. The minimum absolute atomic E-state index is 0. The summed E-state index contributed by atoms with van der Waals surface area (Å²) in [6.07, 6.45) is 0. The molecule has 12 heavy (non-hydrogen) atoms. The van der Waals surface area contributed by atoms with E-state index in [1.54, 1.807) is 14.5 Å². The second-order valence-electron chi connectivity index (χ2n) is 3.07.